The number of rotatable bonds is 10. The van der Waals surface area contributed by atoms with Crippen LogP contribution in [0.2, 0.25) is 5.02 Å². The van der Waals surface area contributed by atoms with Gasteiger partial charge in [-0.05, 0) is 66.7 Å². The van der Waals surface area contributed by atoms with E-state index in [0.29, 0.717) is 17.4 Å². The number of benzene rings is 1. The van der Waals surface area contributed by atoms with E-state index < -0.39 is 0 Å². The Balaban J connectivity index is 1.51. The Morgan fingerprint density at radius 2 is 2.06 bits per heavy atom. The maximum Gasteiger partial charge on any atom is 0.246 e. The van der Waals surface area contributed by atoms with Crippen LogP contribution in [0.5, 0.6) is 0 Å². The second kappa shape index (κ2) is 12.0. The van der Waals surface area contributed by atoms with Crippen LogP contribution < -0.4 is 0 Å². The molecule has 1 aliphatic rings. The molecule has 0 bridgehead atoms. The summed E-state index contributed by atoms with van der Waals surface area (Å²) >= 11 is 6.18. The highest BCUT2D eigenvalue weighted by Crippen LogP contribution is 2.24. The van der Waals surface area contributed by atoms with Crippen molar-refractivity contribution in [1.82, 2.24) is 25.1 Å². The fourth-order valence-electron chi connectivity index (χ4n) is 3.98. The van der Waals surface area contributed by atoms with Crippen molar-refractivity contribution in [3.63, 3.8) is 0 Å². The molecule has 0 atom stereocenters. The lowest BCUT2D eigenvalue weighted by Gasteiger charge is -2.31. The van der Waals surface area contributed by atoms with Crippen LogP contribution in [-0.4, -0.2) is 57.8 Å². The standard InChI is InChI=1S/C23H32ClN5O2/c1-18-25-27-29(26-18)17-21-16-22(24)9-7-20(21)8-10-23(30)28-13-11-19(12-14-28)6-4-3-5-15-31-2/h7-10,16,19H,3-6,11-15,17H2,1-2H3/b10-8+. The monoisotopic (exact) mass is 445 g/mol. The first kappa shape index (κ1) is 23.4. The van der Waals surface area contributed by atoms with E-state index in [2.05, 4.69) is 15.4 Å². The number of piperidine rings is 1. The van der Waals surface area contributed by atoms with Crippen LogP contribution in [0.4, 0.5) is 0 Å². The first-order valence-electron chi connectivity index (χ1n) is 11.0. The van der Waals surface area contributed by atoms with Crippen LogP contribution in [0.15, 0.2) is 24.3 Å². The summed E-state index contributed by atoms with van der Waals surface area (Å²) in [7, 11) is 1.75. The molecule has 31 heavy (non-hydrogen) atoms. The average Bonchev–Trinajstić information content (AvgIpc) is 3.18. The predicted molar refractivity (Wildman–Crippen MR) is 122 cm³/mol. The van der Waals surface area contributed by atoms with E-state index >= 15 is 0 Å². The number of unbranched alkanes of at least 4 members (excludes halogenated alkanes) is 2. The number of carbonyl (C=O) groups is 1. The van der Waals surface area contributed by atoms with Gasteiger partial charge in [0.05, 0.1) is 6.54 Å². The maximum atomic E-state index is 12.7. The molecule has 2 heterocycles. The number of likely N-dealkylation sites (tertiary alicyclic amines) is 1. The third kappa shape index (κ3) is 7.43. The van der Waals surface area contributed by atoms with Crippen LogP contribution in [0.25, 0.3) is 6.08 Å². The van der Waals surface area contributed by atoms with Crippen LogP contribution >= 0.6 is 11.6 Å². The minimum Gasteiger partial charge on any atom is -0.385 e. The molecule has 1 amide bonds. The van der Waals surface area contributed by atoms with Gasteiger partial charge in [-0.25, -0.2) is 0 Å². The SMILES string of the molecule is COCCCCCC1CCN(C(=O)/C=C/c2ccc(Cl)cc2Cn2nnc(C)n2)CC1. The lowest BCUT2D eigenvalue weighted by molar-refractivity contribution is -0.127. The summed E-state index contributed by atoms with van der Waals surface area (Å²) in [6, 6.07) is 5.62. The minimum absolute atomic E-state index is 0.0640. The largest absolute Gasteiger partial charge is 0.385 e. The van der Waals surface area contributed by atoms with Gasteiger partial charge in [-0.15, -0.1) is 10.2 Å². The molecule has 1 aliphatic heterocycles. The minimum atomic E-state index is 0.0640. The highest BCUT2D eigenvalue weighted by atomic mass is 35.5. The van der Waals surface area contributed by atoms with E-state index in [1.54, 1.807) is 20.1 Å². The summed E-state index contributed by atoms with van der Waals surface area (Å²) in [6.07, 6.45) is 10.6. The molecule has 3 rings (SSSR count). The van der Waals surface area contributed by atoms with Gasteiger partial charge in [0.15, 0.2) is 5.82 Å². The summed E-state index contributed by atoms with van der Waals surface area (Å²) in [6.45, 7) is 4.77. The normalized spacial score (nSPS) is 15.1. The Labute approximate surface area is 189 Å². The number of ether oxygens (including phenoxy) is 1. The van der Waals surface area contributed by atoms with E-state index in [1.807, 2.05) is 29.2 Å². The van der Waals surface area contributed by atoms with Crippen molar-refractivity contribution in [3.05, 3.63) is 46.2 Å². The molecule has 0 radical (unpaired) electrons. The Kier molecular flexibility index (Phi) is 9.03. The Bertz CT molecular complexity index is 875. The molecule has 8 heteroatoms. The van der Waals surface area contributed by atoms with Crippen molar-refractivity contribution in [2.24, 2.45) is 5.92 Å². The summed E-state index contributed by atoms with van der Waals surface area (Å²) in [4.78, 5) is 16.2. The van der Waals surface area contributed by atoms with Gasteiger partial charge in [-0.2, -0.15) is 4.80 Å². The number of halogens is 1. The quantitative estimate of drug-likeness (QED) is 0.406. The summed E-state index contributed by atoms with van der Waals surface area (Å²) in [5, 5.41) is 12.8. The average molecular weight is 446 g/mol. The lowest BCUT2D eigenvalue weighted by Crippen LogP contribution is -2.37. The molecule has 0 unspecified atom stereocenters. The number of methoxy groups -OCH3 is 1. The third-order valence-corrected chi connectivity index (χ3v) is 6.00. The van der Waals surface area contributed by atoms with Gasteiger partial charge in [-0.1, -0.05) is 36.9 Å². The van der Waals surface area contributed by atoms with Crippen molar-refractivity contribution in [3.8, 4) is 0 Å². The second-order valence-electron chi connectivity index (χ2n) is 8.15. The van der Waals surface area contributed by atoms with Crippen molar-refractivity contribution < 1.29 is 9.53 Å². The molecule has 0 saturated carbocycles. The van der Waals surface area contributed by atoms with E-state index in [0.717, 1.165) is 56.0 Å². The Morgan fingerprint density at radius 3 is 2.77 bits per heavy atom. The zero-order valence-electron chi connectivity index (χ0n) is 18.5. The predicted octanol–water partition coefficient (Wildman–Crippen LogP) is 4.14. The molecule has 1 aromatic heterocycles. The van der Waals surface area contributed by atoms with Crippen LogP contribution in [0, 0.1) is 12.8 Å². The highest BCUT2D eigenvalue weighted by molar-refractivity contribution is 6.30. The van der Waals surface area contributed by atoms with Crippen molar-refractivity contribution in [2.75, 3.05) is 26.8 Å². The number of carbonyl (C=O) groups excluding carboxylic acids is 1. The van der Waals surface area contributed by atoms with Gasteiger partial charge in [-0.3, -0.25) is 4.79 Å². The van der Waals surface area contributed by atoms with E-state index in [9.17, 15) is 4.79 Å². The summed E-state index contributed by atoms with van der Waals surface area (Å²) in [5.74, 6) is 1.42. The topological polar surface area (TPSA) is 73.1 Å². The number of aromatic nitrogens is 4. The molecule has 0 aliphatic carbocycles. The summed E-state index contributed by atoms with van der Waals surface area (Å²) in [5.41, 5.74) is 1.87. The van der Waals surface area contributed by atoms with Crippen LogP contribution in [0.1, 0.15) is 55.5 Å². The Morgan fingerprint density at radius 1 is 1.26 bits per heavy atom. The second-order valence-corrected chi connectivity index (χ2v) is 8.59. The van der Waals surface area contributed by atoms with E-state index in [-0.39, 0.29) is 5.91 Å². The molecule has 168 valence electrons. The molecule has 1 aromatic carbocycles. The third-order valence-electron chi connectivity index (χ3n) is 5.76. The van der Waals surface area contributed by atoms with Gasteiger partial charge in [0.1, 0.15) is 0 Å². The van der Waals surface area contributed by atoms with Crippen molar-refractivity contribution in [2.45, 2.75) is 52.0 Å². The number of hydrogen-bond acceptors (Lipinski definition) is 5. The van der Waals surface area contributed by atoms with Crippen LogP contribution in [0.3, 0.4) is 0 Å². The molecule has 1 fully saturated rings. The molecular formula is C23H32ClN5O2. The number of hydrogen-bond donors (Lipinski definition) is 0. The van der Waals surface area contributed by atoms with E-state index in [4.69, 9.17) is 16.3 Å². The molecule has 0 N–H and O–H groups in total. The smallest absolute Gasteiger partial charge is 0.246 e. The number of aryl methyl sites for hydroxylation is 1. The summed E-state index contributed by atoms with van der Waals surface area (Å²) < 4.78 is 5.11. The zero-order chi connectivity index (χ0) is 22.1. The van der Waals surface area contributed by atoms with Gasteiger partial charge in [0.2, 0.25) is 5.91 Å². The lowest BCUT2D eigenvalue weighted by atomic mass is 9.91. The highest BCUT2D eigenvalue weighted by Gasteiger charge is 2.21. The first-order valence-corrected chi connectivity index (χ1v) is 11.4. The fraction of sp³-hybridized carbons (Fsp3) is 0.565. The molecule has 7 nitrogen and oxygen atoms in total. The molecule has 1 saturated heterocycles. The van der Waals surface area contributed by atoms with Gasteiger partial charge in [0, 0.05) is 37.9 Å². The van der Waals surface area contributed by atoms with Gasteiger partial charge >= 0.3 is 0 Å². The number of tetrazole rings is 1. The molecule has 2 aromatic rings. The van der Waals surface area contributed by atoms with E-state index in [1.165, 1.54) is 24.1 Å². The maximum absolute atomic E-state index is 12.7. The molecular weight excluding hydrogens is 414 g/mol. The van der Waals surface area contributed by atoms with Gasteiger partial charge in [0.25, 0.3) is 0 Å². The number of nitrogens with zero attached hydrogens (tertiary/aromatic N) is 5. The number of amides is 1. The molecule has 0 spiro atoms. The van der Waals surface area contributed by atoms with Crippen LogP contribution in [-0.2, 0) is 16.1 Å². The van der Waals surface area contributed by atoms with Crippen molar-refractivity contribution >= 4 is 23.6 Å². The van der Waals surface area contributed by atoms with Gasteiger partial charge < -0.3 is 9.64 Å². The van der Waals surface area contributed by atoms with Crippen molar-refractivity contribution in [1.29, 1.82) is 0 Å². The Hall–Kier alpha value is -2.25. The fourth-order valence-corrected chi connectivity index (χ4v) is 4.18. The zero-order valence-corrected chi connectivity index (χ0v) is 19.2. The first-order chi connectivity index (χ1) is 15.0.